The number of nitrogens with one attached hydrogen (secondary N) is 1. The third-order valence-corrected chi connectivity index (χ3v) is 5.02. The lowest BCUT2D eigenvalue weighted by Gasteiger charge is -2.17. The largest absolute Gasteiger partial charge is 0.506 e. The first-order valence-electron chi connectivity index (χ1n) is 9.53. The van der Waals surface area contributed by atoms with Crippen LogP contribution in [0.2, 0.25) is 0 Å². The maximum Gasteiger partial charge on any atom is 0.267 e. The zero-order valence-corrected chi connectivity index (χ0v) is 16.7. The molecule has 0 atom stereocenters. The number of benzene rings is 2. The van der Waals surface area contributed by atoms with Gasteiger partial charge in [-0.2, -0.15) is 0 Å². The Bertz CT molecular complexity index is 1080. The van der Waals surface area contributed by atoms with E-state index in [0.29, 0.717) is 29.1 Å². The maximum atomic E-state index is 13.2. The Labute approximate surface area is 164 Å². The van der Waals surface area contributed by atoms with Gasteiger partial charge >= 0.3 is 0 Å². The number of carbonyl (C=O) groups excluding carboxylic acids is 1. The SMILES string of the molecule is Cc1cccc(C)c1NC(=O)c1c(O)c2ccccc2n(CCC(C)C)c1=O. The van der Waals surface area contributed by atoms with Gasteiger partial charge in [0, 0.05) is 17.6 Å². The monoisotopic (exact) mass is 378 g/mol. The Morgan fingerprint density at radius 3 is 2.36 bits per heavy atom. The van der Waals surface area contributed by atoms with E-state index in [0.717, 1.165) is 17.5 Å². The molecule has 0 bridgehead atoms. The van der Waals surface area contributed by atoms with Crippen LogP contribution in [0.3, 0.4) is 0 Å². The van der Waals surface area contributed by atoms with Gasteiger partial charge in [0.1, 0.15) is 11.3 Å². The second-order valence-corrected chi connectivity index (χ2v) is 7.60. The number of hydrogen-bond donors (Lipinski definition) is 2. The molecule has 146 valence electrons. The summed E-state index contributed by atoms with van der Waals surface area (Å²) < 4.78 is 1.59. The summed E-state index contributed by atoms with van der Waals surface area (Å²) in [4.78, 5) is 26.2. The van der Waals surface area contributed by atoms with Gasteiger partial charge in [0.2, 0.25) is 0 Å². The predicted octanol–water partition coefficient (Wildman–Crippen LogP) is 4.62. The molecular weight excluding hydrogens is 352 g/mol. The molecule has 0 aliphatic heterocycles. The predicted molar refractivity (Wildman–Crippen MR) is 113 cm³/mol. The van der Waals surface area contributed by atoms with Crippen LogP contribution >= 0.6 is 0 Å². The number of rotatable bonds is 5. The van der Waals surface area contributed by atoms with Crippen molar-refractivity contribution in [1.29, 1.82) is 0 Å². The molecular formula is C23H26N2O3. The average Bonchev–Trinajstić information content (AvgIpc) is 2.64. The minimum absolute atomic E-state index is 0.217. The van der Waals surface area contributed by atoms with Gasteiger partial charge in [-0.15, -0.1) is 0 Å². The van der Waals surface area contributed by atoms with E-state index in [1.165, 1.54) is 0 Å². The van der Waals surface area contributed by atoms with Crippen LogP contribution in [-0.4, -0.2) is 15.6 Å². The van der Waals surface area contributed by atoms with Crippen LogP contribution in [0, 0.1) is 19.8 Å². The van der Waals surface area contributed by atoms with E-state index < -0.39 is 11.5 Å². The van der Waals surface area contributed by atoms with Gasteiger partial charge in [0.25, 0.3) is 11.5 Å². The Hall–Kier alpha value is -3.08. The highest BCUT2D eigenvalue weighted by molar-refractivity contribution is 6.09. The van der Waals surface area contributed by atoms with Crippen LogP contribution in [-0.2, 0) is 6.54 Å². The van der Waals surface area contributed by atoms with Gasteiger partial charge in [-0.25, -0.2) is 0 Å². The smallest absolute Gasteiger partial charge is 0.267 e. The van der Waals surface area contributed by atoms with Crippen LogP contribution in [0.25, 0.3) is 10.9 Å². The fourth-order valence-electron chi connectivity index (χ4n) is 3.39. The molecule has 0 aliphatic rings. The van der Waals surface area contributed by atoms with E-state index in [-0.39, 0.29) is 11.3 Å². The van der Waals surface area contributed by atoms with Gasteiger partial charge in [0.05, 0.1) is 5.52 Å². The third-order valence-electron chi connectivity index (χ3n) is 5.02. The van der Waals surface area contributed by atoms with Crippen molar-refractivity contribution in [2.24, 2.45) is 5.92 Å². The molecule has 0 spiro atoms. The second kappa shape index (κ2) is 7.89. The molecule has 0 saturated heterocycles. The van der Waals surface area contributed by atoms with Gasteiger partial charge in [-0.05, 0) is 49.4 Å². The summed E-state index contributed by atoms with van der Waals surface area (Å²) in [6.45, 7) is 8.44. The molecule has 28 heavy (non-hydrogen) atoms. The number of amides is 1. The number of anilines is 1. The minimum atomic E-state index is -0.594. The fourth-order valence-corrected chi connectivity index (χ4v) is 3.39. The summed E-state index contributed by atoms with van der Waals surface area (Å²) in [5.41, 5.74) is 2.40. The Kier molecular flexibility index (Phi) is 5.54. The molecule has 0 radical (unpaired) electrons. The molecule has 0 unspecified atom stereocenters. The highest BCUT2D eigenvalue weighted by Gasteiger charge is 2.23. The topological polar surface area (TPSA) is 71.3 Å². The first kappa shape index (κ1) is 19.7. The molecule has 5 nitrogen and oxygen atoms in total. The van der Waals surface area contributed by atoms with Gasteiger partial charge in [0.15, 0.2) is 0 Å². The number of carbonyl (C=O) groups is 1. The zero-order valence-electron chi connectivity index (χ0n) is 16.7. The standard InChI is InChI=1S/C23H26N2O3/c1-14(2)12-13-25-18-11-6-5-10-17(18)21(26)19(23(25)28)22(27)24-20-15(3)8-7-9-16(20)4/h5-11,14,26H,12-13H2,1-4H3,(H,24,27). The van der Waals surface area contributed by atoms with Crippen LogP contribution in [0.4, 0.5) is 5.69 Å². The molecule has 1 heterocycles. The Morgan fingerprint density at radius 1 is 1.07 bits per heavy atom. The third kappa shape index (κ3) is 3.65. The van der Waals surface area contributed by atoms with E-state index in [1.54, 1.807) is 22.8 Å². The first-order chi connectivity index (χ1) is 13.3. The molecule has 0 fully saturated rings. The van der Waals surface area contributed by atoms with E-state index >= 15 is 0 Å². The number of aryl methyl sites for hydroxylation is 3. The second-order valence-electron chi connectivity index (χ2n) is 7.60. The molecule has 5 heteroatoms. The number of para-hydroxylation sites is 2. The van der Waals surface area contributed by atoms with Crippen LogP contribution in [0.5, 0.6) is 5.75 Å². The fraction of sp³-hybridized carbons (Fsp3) is 0.304. The molecule has 2 aromatic carbocycles. The summed E-state index contributed by atoms with van der Waals surface area (Å²) in [6.07, 6.45) is 0.798. The van der Waals surface area contributed by atoms with Crippen molar-refractivity contribution < 1.29 is 9.90 Å². The van der Waals surface area contributed by atoms with Crippen LogP contribution in [0.1, 0.15) is 41.8 Å². The molecule has 3 rings (SSSR count). The number of hydrogen-bond acceptors (Lipinski definition) is 3. The van der Waals surface area contributed by atoms with Gasteiger partial charge in [-0.1, -0.05) is 44.2 Å². The van der Waals surface area contributed by atoms with Crippen molar-refractivity contribution in [3.8, 4) is 5.75 Å². The van der Waals surface area contributed by atoms with Crippen molar-refractivity contribution in [3.05, 3.63) is 69.5 Å². The lowest BCUT2D eigenvalue weighted by Crippen LogP contribution is -2.30. The van der Waals surface area contributed by atoms with E-state index in [9.17, 15) is 14.7 Å². The summed E-state index contributed by atoms with van der Waals surface area (Å²) in [5.74, 6) is -0.458. The van der Waals surface area contributed by atoms with Crippen LogP contribution in [0.15, 0.2) is 47.3 Å². The summed E-state index contributed by atoms with van der Waals surface area (Å²) in [6, 6.07) is 12.8. The lowest BCUT2D eigenvalue weighted by atomic mass is 10.1. The Morgan fingerprint density at radius 2 is 1.71 bits per heavy atom. The maximum absolute atomic E-state index is 13.2. The van der Waals surface area contributed by atoms with E-state index in [2.05, 4.69) is 19.2 Å². The number of nitrogens with zero attached hydrogens (tertiary/aromatic N) is 1. The van der Waals surface area contributed by atoms with Gasteiger partial charge in [-0.3, -0.25) is 9.59 Å². The molecule has 3 aromatic rings. The highest BCUT2D eigenvalue weighted by Crippen LogP contribution is 2.28. The minimum Gasteiger partial charge on any atom is -0.506 e. The quantitative estimate of drug-likeness (QED) is 0.680. The normalized spacial score (nSPS) is 11.2. The van der Waals surface area contributed by atoms with Crippen molar-refractivity contribution in [2.75, 3.05) is 5.32 Å². The number of fused-ring (bicyclic) bond motifs is 1. The van der Waals surface area contributed by atoms with Crippen molar-refractivity contribution >= 4 is 22.5 Å². The summed E-state index contributed by atoms with van der Waals surface area (Å²) in [7, 11) is 0. The molecule has 2 N–H and O–H groups in total. The van der Waals surface area contributed by atoms with Crippen LogP contribution < -0.4 is 10.9 Å². The molecule has 0 aliphatic carbocycles. The highest BCUT2D eigenvalue weighted by atomic mass is 16.3. The number of aromatic nitrogens is 1. The van der Waals surface area contributed by atoms with E-state index in [4.69, 9.17) is 0 Å². The Balaban J connectivity index is 2.15. The van der Waals surface area contributed by atoms with E-state index in [1.807, 2.05) is 38.1 Å². The molecule has 0 saturated carbocycles. The first-order valence-corrected chi connectivity index (χ1v) is 9.53. The lowest BCUT2D eigenvalue weighted by molar-refractivity contribution is 0.102. The molecule has 1 amide bonds. The molecule has 1 aromatic heterocycles. The summed E-state index contributed by atoms with van der Waals surface area (Å²) in [5, 5.41) is 14.1. The van der Waals surface area contributed by atoms with Crippen molar-refractivity contribution in [2.45, 2.75) is 40.7 Å². The number of pyridine rings is 1. The average molecular weight is 378 g/mol. The number of aromatic hydroxyl groups is 1. The van der Waals surface area contributed by atoms with Crippen molar-refractivity contribution in [1.82, 2.24) is 4.57 Å². The summed E-state index contributed by atoms with van der Waals surface area (Å²) >= 11 is 0. The van der Waals surface area contributed by atoms with Crippen molar-refractivity contribution in [3.63, 3.8) is 0 Å². The van der Waals surface area contributed by atoms with Gasteiger partial charge < -0.3 is 15.0 Å². The zero-order chi connectivity index (χ0) is 20.4.